The number of amides is 1. The molecule has 1 unspecified atom stereocenters. The molecule has 0 saturated carbocycles. The molecular weight excluding hydrogens is 322 g/mol. The van der Waals surface area contributed by atoms with Crippen LogP contribution in [0.5, 0.6) is 5.75 Å². The van der Waals surface area contributed by atoms with E-state index in [0.717, 1.165) is 23.5 Å². The number of benzene rings is 2. The van der Waals surface area contributed by atoms with E-state index < -0.39 is 10.8 Å². The van der Waals surface area contributed by atoms with Crippen LogP contribution in [0.4, 0.5) is 0 Å². The fourth-order valence-corrected chi connectivity index (χ4v) is 3.36. The van der Waals surface area contributed by atoms with Crippen LogP contribution in [-0.4, -0.2) is 40.5 Å². The van der Waals surface area contributed by atoms with Crippen molar-refractivity contribution in [1.29, 1.82) is 0 Å². The minimum atomic E-state index is -1.02. The lowest BCUT2D eigenvalue weighted by Crippen LogP contribution is -2.41. The third-order valence-corrected chi connectivity index (χ3v) is 5.14. The van der Waals surface area contributed by atoms with E-state index in [1.54, 1.807) is 30.5 Å². The van der Waals surface area contributed by atoms with Gasteiger partial charge in [-0.15, -0.1) is 0 Å². The van der Waals surface area contributed by atoms with Gasteiger partial charge in [0.2, 0.25) is 0 Å². The Morgan fingerprint density at radius 3 is 2.25 bits per heavy atom. The van der Waals surface area contributed by atoms with E-state index in [2.05, 4.69) is 0 Å². The monoisotopic (exact) mass is 343 g/mol. The lowest BCUT2D eigenvalue weighted by Gasteiger charge is -2.32. The largest absolute Gasteiger partial charge is 0.490 e. The molecule has 3 rings (SSSR count). The van der Waals surface area contributed by atoms with E-state index >= 15 is 0 Å². The number of carbonyl (C=O) groups is 1. The molecular formula is C19H21NO3S. The van der Waals surface area contributed by atoms with E-state index in [1.165, 1.54) is 0 Å². The molecule has 0 radical (unpaired) electrons. The maximum absolute atomic E-state index is 12.6. The first kappa shape index (κ1) is 16.7. The van der Waals surface area contributed by atoms with Gasteiger partial charge < -0.3 is 9.64 Å². The van der Waals surface area contributed by atoms with Crippen LogP contribution in [0.25, 0.3) is 0 Å². The van der Waals surface area contributed by atoms with Gasteiger partial charge in [-0.05, 0) is 36.4 Å². The van der Waals surface area contributed by atoms with E-state index in [1.807, 2.05) is 35.2 Å². The lowest BCUT2D eigenvalue weighted by molar-refractivity contribution is 0.0595. The predicted molar refractivity (Wildman–Crippen MR) is 94.8 cm³/mol. The molecule has 0 aromatic heterocycles. The molecule has 0 aliphatic carbocycles. The van der Waals surface area contributed by atoms with Crippen molar-refractivity contribution >= 4 is 16.7 Å². The van der Waals surface area contributed by atoms with E-state index in [-0.39, 0.29) is 12.0 Å². The van der Waals surface area contributed by atoms with Crippen LogP contribution in [0.3, 0.4) is 0 Å². The molecule has 1 aliphatic rings. The Hall–Kier alpha value is -2.14. The van der Waals surface area contributed by atoms with Gasteiger partial charge in [0.25, 0.3) is 5.91 Å². The Bertz CT molecular complexity index is 707. The molecule has 1 atom stereocenters. The van der Waals surface area contributed by atoms with E-state index in [4.69, 9.17) is 4.74 Å². The Kier molecular flexibility index (Phi) is 5.30. The highest BCUT2D eigenvalue weighted by atomic mass is 32.2. The molecule has 1 heterocycles. The van der Waals surface area contributed by atoms with Crippen LogP contribution in [0.1, 0.15) is 23.2 Å². The van der Waals surface area contributed by atoms with Gasteiger partial charge in [0, 0.05) is 53.4 Å². The van der Waals surface area contributed by atoms with Gasteiger partial charge in [-0.25, -0.2) is 0 Å². The van der Waals surface area contributed by atoms with Crippen molar-refractivity contribution < 1.29 is 13.7 Å². The number of hydrogen-bond acceptors (Lipinski definition) is 3. The molecule has 24 heavy (non-hydrogen) atoms. The van der Waals surface area contributed by atoms with Gasteiger partial charge in [-0.3, -0.25) is 9.00 Å². The topological polar surface area (TPSA) is 46.6 Å². The summed E-state index contributed by atoms with van der Waals surface area (Å²) < 4.78 is 17.4. The van der Waals surface area contributed by atoms with Crippen molar-refractivity contribution in [2.45, 2.75) is 23.8 Å². The molecule has 1 saturated heterocycles. The van der Waals surface area contributed by atoms with Crippen LogP contribution < -0.4 is 4.74 Å². The van der Waals surface area contributed by atoms with E-state index in [9.17, 15) is 9.00 Å². The summed E-state index contributed by atoms with van der Waals surface area (Å²) in [6.07, 6.45) is 3.45. The fraction of sp³-hybridized carbons (Fsp3) is 0.316. The minimum Gasteiger partial charge on any atom is -0.490 e. The summed E-state index contributed by atoms with van der Waals surface area (Å²) in [6, 6.07) is 16.8. The Balaban J connectivity index is 1.56. The molecule has 4 nitrogen and oxygen atoms in total. The van der Waals surface area contributed by atoms with Crippen molar-refractivity contribution in [3.8, 4) is 5.75 Å². The van der Waals surface area contributed by atoms with Gasteiger partial charge in [0.1, 0.15) is 11.9 Å². The lowest BCUT2D eigenvalue weighted by atomic mass is 10.1. The first-order chi connectivity index (χ1) is 11.6. The van der Waals surface area contributed by atoms with Crippen LogP contribution in [0, 0.1) is 0 Å². The molecule has 0 bridgehead atoms. The Labute approximate surface area is 144 Å². The normalized spacial score (nSPS) is 16.6. The van der Waals surface area contributed by atoms with Crippen molar-refractivity contribution in [2.75, 3.05) is 19.3 Å². The van der Waals surface area contributed by atoms with E-state index in [0.29, 0.717) is 18.7 Å². The molecule has 2 aromatic carbocycles. The summed E-state index contributed by atoms with van der Waals surface area (Å²) in [5, 5.41) is 0. The second kappa shape index (κ2) is 7.62. The number of carbonyl (C=O) groups excluding carboxylic acids is 1. The number of para-hydroxylation sites is 1. The number of ether oxygens (including phenoxy) is 1. The summed E-state index contributed by atoms with van der Waals surface area (Å²) in [4.78, 5) is 15.2. The van der Waals surface area contributed by atoms with Crippen LogP contribution in [0.2, 0.25) is 0 Å². The number of likely N-dealkylation sites (tertiary alicyclic amines) is 1. The average molecular weight is 343 g/mol. The summed E-state index contributed by atoms with van der Waals surface area (Å²) >= 11 is 0. The number of piperidine rings is 1. The quantitative estimate of drug-likeness (QED) is 0.857. The molecule has 1 aliphatic heterocycles. The fourth-order valence-electron chi connectivity index (χ4n) is 2.84. The first-order valence-electron chi connectivity index (χ1n) is 8.08. The van der Waals surface area contributed by atoms with Crippen LogP contribution in [-0.2, 0) is 10.8 Å². The molecule has 1 amide bonds. The molecule has 1 fully saturated rings. The Morgan fingerprint density at radius 2 is 1.67 bits per heavy atom. The van der Waals surface area contributed by atoms with Crippen molar-refractivity contribution in [2.24, 2.45) is 0 Å². The third-order valence-electron chi connectivity index (χ3n) is 4.21. The minimum absolute atomic E-state index is 0.0293. The van der Waals surface area contributed by atoms with Gasteiger partial charge >= 0.3 is 0 Å². The molecule has 0 N–H and O–H groups in total. The van der Waals surface area contributed by atoms with Crippen LogP contribution >= 0.6 is 0 Å². The van der Waals surface area contributed by atoms with Crippen molar-refractivity contribution in [3.63, 3.8) is 0 Å². The molecule has 2 aromatic rings. The van der Waals surface area contributed by atoms with Gasteiger partial charge in [0.15, 0.2) is 0 Å². The third kappa shape index (κ3) is 4.03. The number of rotatable bonds is 4. The SMILES string of the molecule is CS(=O)c1ccc(C(=O)N2CCC(Oc3ccccc3)CC2)cc1. The smallest absolute Gasteiger partial charge is 0.253 e. The van der Waals surface area contributed by atoms with Gasteiger partial charge in [-0.1, -0.05) is 18.2 Å². The van der Waals surface area contributed by atoms with Gasteiger partial charge in [0.05, 0.1) is 0 Å². The zero-order valence-corrected chi connectivity index (χ0v) is 14.5. The highest BCUT2D eigenvalue weighted by Crippen LogP contribution is 2.20. The molecule has 0 spiro atoms. The zero-order chi connectivity index (χ0) is 16.9. The van der Waals surface area contributed by atoms with Crippen molar-refractivity contribution in [1.82, 2.24) is 4.90 Å². The maximum atomic E-state index is 12.6. The summed E-state index contributed by atoms with van der Waals surface area (Å²) in [5.41, 5.74) is 0.645. The summed E-state index contributed by atoms with van der Waals surface area (Å²) in [6.45, 7) is 1.38. The van der Waals surface area contributed by atoms with Crippen LogP contribution in [0.15, 0.2) is 59.5 Å². The second-order valence-electron chi connectivity index (χ2n) is 5.90. The maximum Gasteiger partial charge on any atom is 0.253 e. The van der Waals surface area contributed by atoms with Crippen molar-refractivity contribution in [3.05, 3.63) is 60.2 Å². The summed E-state index contributed by atoms with van der Waals surface area (Å²) in [5.74, 6) is 0.909. The predicted octanol–water partition coefficient (Wildman–Crippen LogP) is 3.11. The highest BCUT2D eigenvalue weighted by Gasteiger charge is 2.24. The highest BCUT2D eigenvalue weighted by molar-refractivity contribution is 7.84. The second-order valence-corrected chi connectivity index (χ2v) is 7.28. The molecule has 126 valence electrons. The Morgan fingerprint density at radius 1 is 1.04 bits per heavy atom. The molecule has 5 heteroatoms. The number of nitrogens with zero attached hydrogens (tertiary/aromatic N) is 1. The standard InChI is InChI=1S/C19H21NO3S/c1-24(22)18-9-7-15(8-10-18)19(21)20-13-11-17(12-14-20)23-16-5-3-2-4-6-16/h2-10,17H,11-14H2,1H3. The first-order valence-corrected chi connectivity index (χ1v) is 9.64. The number of hydrogen-bond donors (Lipinski definition) is 0. The summed E-state index contributed by atoms with van der Waals surface area (Å²) in [7, 11) is -1.02. The average Bonchev–Trinajstić information content (AvgIpc) is 2.63. The zero-order valence-electron chi connectivity index (χ0n) is 13.7. The van der Waals surface area contributed by atoms with Gasteiger partial charge in [-0.2, -0.15) is 0 Å².